The number of pyridine rings is 1. The lowest BCUT2D eigenvalue weighted by Crippen LogP contribution is -2.25. The molecule has 0 saturated carbocycles. The van der Waals surface area contributed by atoms with E-state index in [2.05, 4.69) is 69.2 Å². The third-order valence-corrected chi connectivity index (χ3v) is 4.09. The van der Waals surface area contributed by atoms with Gasteiger partial charge in [0.25, 0.3) is 0 Å². The van der Waals surface area contributed by atoms with Gasteiger partial charge in [-0.2, -0.15) is 0 Å². The summed E-state index contributed by atoms with van der Waals surface area (Å²) in [6.45, 7) is 11.7. The number of nitrogens with one attached hydrogen (secondary N) is 1. The molecule has 21 heavy (non-hydrogen) atoms. The average Bonchev–Trinajstić information content (AvgIpc) is 2.42. The van der Waals surface area contributed by atoms with Crippen molar-refractivity contribution in [2.75, 3.05) is 6.54 Å². The Morgan fingerprint density at radius 3 is 2.29 bits per heavy atom. The first-order valence-corrected chi connectivity index (χ1v) is 7.74. The van der Waals surface area contributed by atoms with Gasteiger partial charge in [0.05, 0.1) is 11.7 Å². The number of likely N-dealkylation sites (N-methyl/N-ethyl adjacent to an activating group) is 1. The molecule has 0 radical (unpaired) electrons. The molecule has 1 N–H and O–H groups in total. The number of aromatic nitrogens is 1. The molecule has 0 bridgehead atoms. The SMILES string of the molecule is CCNC(Cc1c(C)cccc1C)c1ncc(C)cc1C. The first-order chi connectivity index (χ1) is 10.0. The van der Waals surface area contributed by atoms with Gasteiger partial charge in [0.2, 0.25) is 0 Å². The number of rotatable bonds is 5. The lowest BCUT2D eigenvalue weighted by Gasteiger charge is -2.22. The zero-order valence-corrected chi connectivity index (χ0v) is 13.8. The van der Waals surface area contributed by atoms with Crippen LogP contribution in [-0.4, -0.2) is 11.5 Å². The molecule has 0 spiro atoms. The maximum Gasteiger partial charge on any atom is 0.0605 e. The van der Waals surface area contributed by atoms with Crippen LogP contribution in [-0.2, 0) is 6.42 Å². The highest BCUT2D eigenvalue weighted by molar-refractivity contribution is 5.36. The second-order valence-electron chi connectivity index (χ2n) is 5.90. The highest BCUT2D eigenvalue weighted by Crippen LogP contribution is 2.24. The van der Waals surface area contributed by atoms with Crippen LogP contribution in [0.25, 0.3) is 0 Å². The van der Waals surface area contributed by atoms with E-state index in [9.17, 15) is 0 Å². The molecule has 112 valence electrons. The largest absolute Gasteiger partial charge is 0.309 e. The standard InChI is InChI=1S/C19H26N2/c1-6-20-18(19-16(5)10-13(2)12-21-19)11-17-14(3)8-7-9-15(17)4/h7-10,12,18,20H,6,11H2,1-5H3. The molecule has 0 aliphatic heterocycles. The summed E-state index contributed by atoms with van der Waals surface area (Å²) in [5.41, 5.74) is 7.83. The number of nitrogens with zero attached hydrogens (tertiary/aromatic N) is 1. The number of benzene rings is 1. The van der Waals surface area contributed by atoms with Crippen molar-refractivity contribution >= 4 is 0 Å². The fourth-order valence-corrected chi connectivity index (χ4v) is 2.98. The van der Waals surface area contributed by atoms with Crippen LogP contribution in [0.1, 0.15) is 46.5 Å². The Bertz CT molecular complexity index is 597. The summed E-state index contributed by atoms with van der Waals surface area (Å²) in [4.78, 5) is 4.69. The van der Waals surface area contributed by atoms with E-state index in [-0.39, 0.29) is 6.04 Å². The van der Waals surface area contributed by atoms with Crippen molar-refractivity contribution in [3.8, 4) is 0 Å². The van der Waals surface area contributed by atoms with E-state index in [4.69, 9.17) is 0 Å². The average molecular weight is 282 g/mol. The summed E-state index contributed by atoms with van der Waals surface area (Å²) in [6.07, 6.45) is 2.96. The normalized spacial score (nSPS) is 12.4. The molecule has 2 aromatic rings. The Hall–Kier alpha value is -1.67. The van der Waals surface area contributed by atoms with Gasteiger partial charge in [-0.3, -0.25) is 4.98 Å². The number of aryl methyl sites for hydroxylation is 4. The molecular weight excluding hydrogens is 256 g/mol. The summed E-state index contributed by atoms with van der Waals surface area (Å²) in [5, 5.41) is 3.60. The van der Waals surface area contributed by atoms with Gasteiger partial charge in [0.15, 0.2) is 0 Å². The Morgan fingerprint density at radius 1 is 1.05 bits per heavy atom. The fraction of sp³-hybridized carbons (Fsp3) is 0.421. The number of hydrogen-bond acceptors (Lipinski definition) is 2. The molecule has 1 unspecified atom stereocenters. The summed E-state index contributed by atoms with van der Waals surface area (Å²) in [6, 6.07) is 9.01. The zero-order valence-electron chi connectivity index (χ0n) is 13.8. The molecule has 1 aromatic carbocycles. The van der Waals surface area contributed by atoms with Gasteiger partial charge in [-0.15, -0.1) is 0 Å². The maximum atomic E-state index is 4.69. The fourth-order valence-electron chi connectivity index (χ4n) is 2.98. The van der Waals surface area contributed by atoms with Crippen molar-refractivity contribution in [1.82, 2.24) is 10.3 Å². The van der Waals surface area contributed by atoms with E-state index in [0.29, 0.717) is 0 Å². The smallest absolute Gasteiger partial charge is 0.0605 e. The maximum absolute atomic E-state index is 4.69. The molecule has 1 heterocycles. The second kappa shape index (κ2) is 6.86. The molecule has 0 fully saturated rings. The highest BCUT2D eigenvalue weighted by atomic mass is 14.9. The summed E-state index contributed by atoms with van der Waals surface area (Å²) in [7, 11) is 0. The Balaban J connectivity index is 2.35. The van der Waals surface area contributed by atoms with Crippen molar-refractivity contribution in [2.45, 2.75) is 47.1 Å². The van der Waals surface area contributed by atoms with Crippen molar-refractivity contribution in [3.05, 3.63) is 64.0 Å². The van der Waals surface area contributed by atoms with E-state index >= 15 is 0 Å². The van der Waals surface area contributed by atoms with Gasteiger partial charge in [-0.05, 0) is 68.5 Å². The van der Waals surface area contributed by atoms with Crippen LogP contribution in [0.5, 0.6) is 0 Å². The van der Waals surface area contributed by atoms with Crippen LogP contribution in [0.3, 0.4) is 0 Å². The van der Waals surface area contributed by atoms with Gasteiger partial charge in [0, 0.05) is 6.20 Å². The van der Waals surface area contributed by atoms with Gasteiger partial charge in [-0.1, -0.05) is 31.2 Å². The first-order valence-electron chi connectivity index (χ1n) is 7.74. The summed E-state index contributed by atoms with van der Waals surface area (Å²) in [5.74, 6) is 0. The summed E-state index contributed by atoms with van der Waals surface area (Å²) >= 11 is 0. The number of hydrogen-bond donors (Lipinski definition) is 1. The van der Waals surface area contributed by atoms with Gasteiger partial charge < -0.3 is 5.32 Å². The minimum atomic E-state index is 0.274. The third-order valence-electron chi connectivity index (χ3n) is 4.09. The van der Waals surface area contributed by atoms with E-state index in [1.54, 1.807) is 0 Å². The van der Waals surface area contributed by atoms with Gasteiger partial charge >= 0.3 is 0 Å². The van der Waals surface area contributed by atoms with Crippen LogP contribution in [0.4, 0.5) is 0 Å². The van der Waals surface area contributed by atoms with Crippen LogP contribution in [0.2, 0.25) is 0 Å². The molecule has 2 heteroatoms. The molecule has 0 aliphatic rings. The van der Waals surface area contributed by atoms with Crippen molar-refractivity contribution in [2.24, 2.45) is 0 Å². The van der Waals surface area contributed by atoms with Crippen molar-refractivity contribution in [3.63, 3.8) is 0 Å². The topological polar surface area (TPSA) is 24.9 Å². The lowest BCUT2D eigenvalue weighted by molar-refractivity contribution is 0.531. The quantitative estimate of drug-likeness (QED) is 0.888. The van der Waals surface area contributed by atoms with E-state index in [1.165, 1.54) is 33.5 Å². The Kier molecular flexibility index (Phi) is 5.13. The molecule has 2 rings (SSSR count). The Morgan fingerprint density at radius 2 is 1.71 bits per heavy atom. The van der Waals surface area contributed by atoms with Crippen LogP contribution < -0.4 is 5.32 Å². The molecule has 1 atom stereocenters. The first kappa shape index (κ1) is 15.7. The van der Waals surface area contributed by atoms with E-state index in [1.807, 2.05) is 6.20 Å². The minimum absolute atomic E-state index is 0.274. The molecule has 0 amide bonds. The second-order valence-corrected chi connectivity index (χ2v) is 5.90. The van der Waals surface area contributed by atoms with Crippen molar-refractivity contribution in [1.29, 1.82) is 0 Å². The predicted octanol–water partition coefficient (Wildman–Crippen LogP) is 4.21. The van der Waals surface area contributed by atoms with Crippen LogP contribution >= 0.6 is 0 Å². The summed E-state index contributed by atoms with van der Waals surface area (Å²) < 4.78 is 0. The van der Waals surface area contributed by atoms with Crippen LogP contribution in [0, 0.1) is 27.7 Å². The molecule has 0 aliphatic carbocycles. The highest BCUT2D eigenvalue weighted by Gasteiger charge is 2.17. The van der Waals surface area contributed by atoms with Crippen LogP contribution in [0.15, 0.2) is 30.5 Å². The predicted molar refractivity (Wildman–Crippen MR) is 89.7 cm³/mol. The third kappa shape index (κ3) is 3.70. The monoisotopic (exact) mass is 282 g/mol. The van der Waals surface area contributed by atoms with E-state index < -0.39 is 0 Å². The van der Waals surface area contributed by atoms with Crippen molar-refractivity contribution < 1.29 is 0 Å². The van der Waals surface area contributed by atoms with Gasteiger partial charge in [0.1, 0.15) is 0 Å². The minimum Gasteiger partial charge on any atom is -0.309 e. The molecular formula is C19H26N2. The lowest BCUT2D eigenvalue weighted by atomic mass is 9.93. The van der Waals surface area contributed by atoms with Gasteiger partial charge in [-0.25, -0.2) is 0 Å². The Labute approximate surface area is 128 Å². The molecule has 0 saturated heterocycles. The molecule has 2 nitrogen and oxygen atoms in total. The van der Waals surface area contributed by atoms with E-state index in [0.717, 1.165) is 13.0 Å². The molecule has 1 aromatic heterocycles. The zero-order chi connectivity index (χ0) is 15.4.